The molecule has 2 aliphatic carbocycles. The van der Waals surface area contributed by atoms with Crippen molar-refractivity contribution in [1.29, 1.82) is 5.26 Å². The van der Waals surface area contributed by atoms with E-state index in [-0.39, 0.29) is 5.41 Å². The monoisotopic (exact) mass is 613 g/mol. The highest BCUT2D eigenvalue weighted by atomic mass is 15.3. The molecule has 0 radical (unpaired) electrons. The van der Waals surface area contributed by atoms with E-state index in [1.165, 1.54) is 25.7 Å². The van der Waals surface area contributed by atoms with Gasteiger partial charge in [-0.25, -0.2) is 9.67 Å². The molecule has 234 valence electrons. The fourth-order valence-electron chi connectivity index (χ4n) is 6.33. The van der Waals surface area contributed by atoms with E-state index in [1.807, 2.05) is 47.9 Å². The van der Waals surface area contributed by atoms with E-state index in [9.17, 15) is 5.26 Å². The second-order valence-electron chi connectivity index (χ2n) is 12.9. The van der Waals surface area contributed by atoms with Crippen LogP contribution in [0.15, 0.2) is 55.2 Å². The Balaban J connectivity index is 1.25. The molecule has 0 spiro atoms. The van der Waals surface area contributed by atoms with Gasteiger partial charge in [0.15, 0.2) is 11.6 Å². The molecule has 2 saturated carbocycles. The van der Waals surface area contributed by atoms with Crippen molar-refractivity contribution >= 4 is 5.82 Å². The summed E-state index contributed by atoms with van der Waals surface area (Å²) in [6.07, 6.45) is 15.1. The standard InChI is InChI=1S/C35H39N11/c1-23-8-9-28(18-38-27-6-4-5-7-27)42-33(23)26-17-41-46(20-26)32-16-25(15-31(43-32)39-21-35(10-11-35)12-13-36)29-14-24(2)37-19-30(29)34-44-40-22-45(34)3/h8-9,14-17,19-20,22,27,38H,4-7,10-12,18,21H2,1-3H3,(H,39,43). The van der Waals surface area contributed by atoms with E-state index in [0.29, 0.717) is 24.8 Å². The molecule has 7 rings (SSSR count). The number of anilines is 1. The van der Waals surface area contributed by atoms with Crippen LogP contribution < -0.4 is 10.6 Å². The topological polar surface area (TPSA) is 135 Å². The quantitative estimate of drug-likeness (QED) is 0.185. The maximum atomic E-state index is 9.37. The predicted octanol–water partition coefficient (Wildman–Crippen LogP) is 5.94. The van der Waals surface area contributed by atoms with E-state index >= 15 is 0 Å². The van der Waals surface area contributed by atoms with Crippen molar-refractivity contribution in [1.82, 2.24) is 44.8 Å². The zero-order chi connectivity index (χ0) is 31.7. The number of aromatic nitrogens is 8. The second kappa shape index (κ2) is 12.4. The van der Waals surface area contributed by atoms with Gasteiger partial charge < -0.3 is 15.2 Å². The predicted molar refractivity (Wildman–Crippen MR) is 177 cm³/mol. The Bertz CT molecular complexity index is 1900. The molecule has 0 amide bonds. The summed E-state index contributed by atoms with van der Waals surface area (Å²) >= 11 is 0. The lowest BCUT2D eigenvalue weighted by Gasteiger charge is -2.16. The van der Waals surface area contributed by atoms with Crippen LogP contribution in [0, 0.1) is 30.6 Å². The Morgan fingerprint density at radius 1 is 1.02 bits per heavy atom. The molecule has 11 heteroatoms. The first kappa shape index (κ1) is 29.7. The van der Waals surface area contributed by atoms with E-state index in [0.717, 1.165) is 75.9 Å². The van der Waals surface area contributed by atoms with Crippen molar-refractivity contribution in [2.75, 3.05) is 11.9 Å². The normalized spacial score (nSPS) is 15.6. The molecule has 0 unspecified atom stereocenters. The summed E-state index contributed by atoms with van der Waals surface area (Å²) in [6.45, 7) is 5.52. The largest absolute Gasteiger partial charge is 0.369 e. The Labute approximate surface area is 269 Å². The van der Waals surface area contributed by atoms with E-state index in [4.69, 9.17) is 15.1 Å². The summed E-state index contributed by atoms with van der Waals surface area (Å²) in [5.74, 6) is 2.12. The van der Waals surface area contributed by atoms with Crippen molar-refractivity contribution in [3.8, 4) is 45.7 Å². The molecule has 0 bridgehead atoms. The molecular formula is C35H39N11. The lowest BCUT2D eigenvalue weighted by atomic mass is 10.00. The number of hydrogen-bond acceptors (Lipinski definition) is 9. The van der Waals surface area contributed by atoms with Gasteiger partial charge in [0, 0.05) is 67.2 Å². The molecule has 0 aromatic carbocycles. The van der Waals surface area contributed by atoms with Gasteiger partial charge >= 0.3 is 0 Å². The van der Waals surface area contributed by atoms with Crippen LogP contribution in [0.4, 0.5) is 5.82 Å². The van der Waals surface area contributed by atoms with Crippen molar-refractivity contribution in [2.24, 2.45) is 12.5 Å². The molecule has 46 heavy (non-hydrogen) atoms. The number of hydrogen-bond donors (Lipinski definition) is 2. The molecule has 2 aliphatic rings. The van der Waals surface area contributed by atoms with Crippen LogP contribution in [0.2, 0.25) is 0 Å². The average Bonchev–Trinajstić information content (AvgIpc) is 3.46. The van der Waals surface area contributed by atoms with Gasteiger partial charge in [-0.2, -0.15) is 10.4 Å². The van der Waals surface area contributed by atoms with Crippen molar-refractivity contribution in [2.45, 2.75) is 71.4 Å². The van der Waals surface area contributed by atoms with Gasteiger partial charge in [-0.1, -0.05) is 18.9 Å². The Morgan fingerprint density at radius 2 is 1.87 bits per heavy atom. The number of rotatable bonds is 11. The maximum absolute atomic E-state index is 9.37. The molecule has 11 nitrogen and oxygen atoms in total. The summed E-state index contributed by atoms with van der Waals surface area (Å²) in [5.41, 5.74) is 7.70. The summed E-state index contributed by atoms with van der Waals surface area (Å²) < 4.78 is 3.70. The Hall–Kier alpha value is -4.95. The highest BCUT2D eigenvalue weighted by Gasteiger charge is 2.42. The molecule has 0 saturated heterocycles. The molecule has 5 aromatic rings. The molecule has 2 fully saturated rings. The third-order valence-electron chi connectivity index (χ3n) is 9.34. The first-order valence-electron chi connectivity index (χ1n) is 16.1. The zero-order valence-electron chi connectivity index (χ0n) is 26.7. The SMILES string of the molecule is Cc1cc(-c2cc(NCC3(CC#N)CC3)nc(-n3cc(-c4nc(CNC5CCCC5)ccc4C)cn3)c2)c(-c2nncn2C)cn1. The average molecular weight is 614 g/mol. The molecule has 2 N–H and O–H groups in total. The van der Waals surface area contributed by atoms with Crippen LogP contribution in [-0.2, 0) is 13.6 Å². The number of aryl methyl sites for hydroxylation is 3. The minimum atomic E-state index is 0.0172. The maximum Gasteiger partial charge on any atom is 0.165 e. The number of nitrogens with one attached hydrogen (secondary N) is 2. The molecular weight excluding hydrogens is 574 g/mol. The molecule has 0 atom stereocenters. The van der Waals surface area contributed by atoms with Crippen LogP contribution in [0.25, 0.3) is 39.6 Å². The van der Waals surface area contributed by atoms with Crippen LogP contribution in [0.1, 0.15) is 61.9 Å². The van der Waals surface area contributed by atoms with Gasteiger partial charge in [0.2, 0.25) is 0 Å². The van der Waals surface area contributed by atoms with Crippen molar-refractivity contribution in [3.63, 3.8) is 0 Å². The van der Waals surface area contributed by atoms with E-state index in [2.05, 4.69) is 63.1 Å². The van der Waals surface area contributed by atoms with Gasteiger partial charge in [-0.05, 0) is 80.5 Å². The Kier molecular flexibility index (Phi) is 8.05. The lowest BCUT2D eigenvalue weighted by Crippen LogP contribution is -2.25. The van der Waals surface area contributed by atoms with Gasteiger partial charge in [0.1, 0.15) is 12.1 Å². The molecule has 5 aromatic heterocycles. The minimum absolute atomic E-state index is 0.0172. The van der Waals surface area contributed by atoms with Gasteiger partial charge in [-0.15, -0.1) is 10.2 Å². The van der Waals surface area contributed by atoms with Crippen molar-refractivity contribution < 1.29 is 0 Å². The van der Waals surface area contributed by atoms with Crippen LogP contribution in [0.3, 0.4) is 0 Å². The third kappa shape index (κ3) is 6.26. The lowest BCUT2D eigenvalue weighted by molar-refractivity contribution is 0.519. The molecule has 0 aliphatic heterocycles. The highest BCUT2D eigenvalue weighted by molar-refractivity contribution is 5.82. The van der Waals surface area contributed by atoms with Crippen molar-refractivity contribution in [3.05, 3.63) is 72.2 Å². The summed E-state index contributed by atoms with van der Waals surface area (Å²) in [7, 11) is 1.93. The van der Waals surface area contributed by atoms with E-state index in [1.54, 1.807) is 6.33 Å². The van der Waals surface area contributed by atoms with Gasteiger partial charge in [-0.3, -0.25) is 9.97 Å². The first-order valence-corrected chi connectivity index (χ1v) is 16.1. The smallest absolute Gasteiger partial charge is 0.165 e. The zero-order valence-corrected chi connectivity index (χ0v) is 26.7. The summed E-state index contributed by atoms with van der Waals surface area (Å²) in [6, 6.07) is 13.4. The van der Waals surface area contributed by atoms with E-state index < -0.39 is 0 Å². The fraction of sp³-hybridized carbons (Fsp3) is 0.400. The third-order valence-corrected chi connectivity index (χ3v) is 9.34. The first-order chi connectivity index (χ1) is 22.4. The summed E-state index contributed by atoms with van der Waals surface area (Å²) in [5, 5.41) is 29.8. The number of nitrogens with zero attached hydrogens (tertiary/aromatic N) is 9. The number of pyridine rings is 3. The number of nitriles is 1. The van der Waals surface area contributed by atoms with Crippen LogP contribution >= 0.6 is 0 Å². The fourth-order valence-corrected chi connectivity index (χ4v) is 6.33. The minimum Gasteiger partial charge on any atom is -0.369 e. The second-order valence-corrected chi connectivity index (χ2v) is 12.9. The molecule has 5 heterocycles. The Morgan fingerprint density at radius 3 is 2.63 bits per heavy atom. The summed E-state index contributed by atoms with van der Waals surface area (Å²) in [4.78, 5) is 14.6. The highest BCUT2D eigenvalue weighted by Crippen LogP contribution is 2.48. The van der Waals surface area contributed by atoms with Crippen LogP contribution in [0.5, 0.6) is 0 Å². The van der Waals surface area contributed by atoms with Gasteiger partial charge in [0.05, 0.1) is 23.7 Å². The van der Waals surface area contributed by atoms with Crippen LogP contribution in [-0.4, -0.2) is 52.1 Å². The van der Waals surface area contributed by atoms with Gasteiger partial charge in [0.25, 0.3) is 0 Å².